The lowest BCUT2D eigenvalue weighted by molar-refractivity contribution is 0.0599. The average Bonchev–Trinajstić information content (AvgIpc) is 3.01. The molecule has 0 saturated heterocycles. The van der Waals surface area contributed by atoms with Crippen LogP contribution >= 0.6 is 11.3 Å². The molecule has 0 aliphatic rings. The zero-order chi connectivity index (χ0) is 15.9. The molecule has 0 bridgehead atoms. The maximum absolute atomic E-state index is 12.7. The minimum absolute atomic E-state index is 0.0416. The third-order valence-corrected chi connectivity index (χ3v) is 4.35. The van der Waals surface area contributed by atoms with Crippen molar-refractivity contribution in [2.45, 2.75) is 12.6 Å². The van der Waals surface area contributed by atoms with Crippen LogP contribution in [-0.4, -0.2) is 43.7 Å². The van der Waals surface area contributed by atoms with Gasteiger partial charge >= 0.3 is 0 Å². The van der Waals surface area contributed by atoms with Gasteiger partial charge in [-0.2, -0.15) is 0 Å². The Morgan fingerprint density at radius 2 is 2.09 bits per heavy atom. The summed E-state index contributed by atoms with van der Waals surface area (Å²) in [6, 6.07) is 9.20. The Morgan fingerprint density at radius 3 is 2.73 bits per heavy atom. The first-order valence-corrected chi connectivity index (χ1v) is 7.73. The molecule has 2 rings (SSSR count). The third-order valence-electron chi connectivity index (χ3n) is 3.30. The molecule has 0 aliphatic carbocycles. The fraction of sp³-hybridized carbons (Fsp3) is 0.375. The molecule has 2 heterocycles. The number of methoxy groups -OCH3 is 2. The first-order chi connectivity index (χ1) is 10.7. The molecule has 1 atom stereocenters. The Hall–Kier alpha value is -1.76. The lowest BCUT2D eigenvalue weighted by atomic mass is 10.1. The molecule has 1 amide bonds. The summed E-state index contributed by atoms with van der Waals surface area (Å²) in [7, 11) is 5.04. The second-order valence-electron chi connectivity index (χ2n) is 4.84. The smallest absolute Gasteiger partial charge is 0.264 e. The van der Waals surface area contributed by atoms with E-state index in [-0.39, 0.29) is 11.9 Å². The van der Waals surface area contributed by atoms with Crippen LogP contribution < -0.4 is 0 Å². The molecule has 0 unspecified atom stereocenters. The van der Waals surface area contributed by atoms with Crippen LogP contribution in [0.5, 0.6) is 0 Å². The zero-order valence-corrected chi connectivity index (χ0v) is 13.8. The van der Waals surface area contributed by atoms with E-state index >= 15 is 0 Å². The average molecular weight is 320 g/mol. The van der Waals surface area contributed by atoms with Gasteiger partial charge in [0.1, 0.15) is 0 Å². The van der Waals surface area contributed by atoms with E-state index in [4.69, 9.17) is 9.47 Å². The number of hydrogen-bond donors (Lipinski definition) is 0. The summed E-state index contributed by atoms with van der Waals surface area (Å²) in [5.41, 5.74) is 0.814. The van der Waals surface area contributed by atoms with E-state index in [1.54, 1.807) is 32.4 Å². The number of thiophene rings is 1. The second kappa shape index (κ2) is 8.03. The first-order valence-electron chi connectivity index (χ1n) is 6.92. The van der Waals surface area contributed by atoms with Crippen molar-refractivity contribution >= 4 is 17.2 Å². The van der Waals surface area contributed by atoms with Gasteiger partial charge in [0.15, 0.2) is 0 Å². The van der Waals surface area contributed by atoms with E-state index < -0.39 is 0 Å². The van der Waals surface area contributed by atoms with E-state index in [0.717, 1.165) is 10.6 Å². The minimum atomic E-state index is -0.216. The molecule has 0 aliphatic heterocycles. The highest BCUT2D eigenvalue weighted by Gasteiger charge is 2.24. The number of likely N-dealkylation sites (N-methyl/N-ethyl adjacent to an activating group) is 1. The van der Waals surface area contributed by atoms with E-state index in [0.29, 0.717) is 18.1 Å². The van der Waals surface area contributed by atoms with E-state index in [2.05, 4.69) is 4.98 Å². The summed E-state index contributed by atoms with van der Waals surface area (Å²) >= 11 is 1.45. The largest absolute Gasteiger partial charge is 0.382 e. The lowest BCUT2D eigenvalue weighted by Gasteiger charge is -2.26. The Morgan fingerprint density at radius 1 is 1.27 bits per heavy atom. The Labute approximate surface area is 134 Å². The van der Waals surface area contributed by atoms with Crippen molar-refractivity contribution in [2.75, 3.05) is 27.9 Å². The molecule has 22 heavy (non-hydrogen) atoms. The van der Waals surface area contributed by atoms with Crippen LogP contribution in [0.2, 0.25) is 0 Å². The molecule has 0 aromatic carbocycles. The summed E-state index contributed by atoms with van der Waals surface area (Å²) in [6.45, 7) is 0.916. The van der Waals surface area contributed by atoms with Gasteiger partial charge in [-0.05, 0) is 24.3 Å². The molecule has 6 heteroatoms. The fourth-order valence-electron chi connectivity index (χ4n) is 2.15. The molecule has 2 aromatic heterocycles. The summed E-state index contributed by atoms with van der Waals surface area (Å²) < 4.78 is 10.4. The van der Waals surface area contributed by atoms with Crippen molar-refractivity contribution in [1.29, 1.82) is 0 Å². The number of amides is 1. The third kappa shape index (κ3) is 3.91. The highest BCUT2D eigenvalue weighted by atomic mass is 32.1. The van der Waals surface area contributed by atoms with Gasteiger partial charge in [0, 0.05) is 32.3 Å². The number of aromatic nitrogens is 1. The minimum Gasteiger partial charge on any atom is -0.382 e. The van der Waals surface area contributed by atoms with Crippen LogP contribution in [0.4, 0.5) is 0 Å². The molecule has 2 aromatic rings. The summed E-state index contributed by atoms with van der Waals surface area (Å²) in [4.78, 5) is 20.4. The maximum Gasteiger partial charge on any atom is 0.264 e. The molecule has 5 nitrogen and oxygen atoms in total. The number of ether oxygens (including phenoxy) is 2. The van der Waals surface area contributed by atoms with Gasteiger partial charge in [-0.1, -0.05) is 6.07 Å². The van der Waals surface area contributed by atoms with Gasteiger partial charge in [0.25, 0.3) is 5.91 Å². The summed E-state index contributed by atoms with van der Waals surface area (Å²) in [5, 5.41) is 0. The Balaban J connectivity index is 2.18. The zero-order valence-electron chi connectivity index (χ0n) is 13.0. The van der Waals surface area contributed by atoms with Crippen molar-refractivity contribution in [2.24, 2.45) is 0 Å². The van der Waals surface area contributed by atoms with E-state index in [9.17, 15) is 4.79 Å². The molecule has 0 N–H and O–H groups in total. The molecule has 0 saturated carbocycles. The van der Waals surface area contributed by atoms with Gasteiger partial charge in [-0.25, -0.2) is 0 Å². The fourth-order valence-corrected chi connectivity index (χ4v) is 3.12. The molecule has 0 radical (unpaired) electrons. The molecule has 118 valence electrons. The van der Waals surface area contributed by atoms with Crippen molar-refractivity contribution in [3.63, 3.8) is 0 Å². The van der Waals surface area contributed by atoms with Gasteiger partial charge in [-0.15, -0.1) is 11.3 Å². The number of carbonyl (C=O) groups excluding carboxylic acids is 1. The second-order valence-corrected chi connectivity index (χ2v) is 6.01. The standard InChI is InChI=1S/C16H20N2O3S/c1-18(14(11-21-3)13-6-4-5-9-17-13)16(19)15-8-7-12(22-15)10-20-2/h4-9,14H,10-11H2,1-3H3/t14-/m0/s1. The predicted molar refractivity (Wildman–Crippen MR) is 86.0 cm³/mol. The lowest BCUT2D eigenvalue weighted by Crippen LogP contribution is -2.33. The predicted octanol–water partition coefficient (Wildman–Crippen LogP) is 2.75. The normalized spacial score (nSPS) is 12.1. The van der Waals surface area contributed by atoms with Gasteiger partial charge in [-0.3, -0.25) is 9.78 Å². The highest BCUT2D eigenvalue weighted by Crippen LogP contribution is 2.24. The monoisotopic (exact) mass is 320 g/mol. The van der Waals surface area contributed by atoms with Crippen LogP contribution in [0.1, 0.15) is 26.3 Å². The van der Waals surface area contributed by atoms with Crippen molar-refractivity contribution in [3.05, 3.63) is 52.0 Å². The number of hydrogen-bond acceptors (Lipinski definition) is 5. The van der Waals surface area contributed by atoms with Gasteiger partial charge < -0.3 is 14.4 Å². The Kier molecular flexibility index (Phi) is 6.06. The molecule has 0 spiro atoms. The summed E-state index contributed by atoms with van der Waals surface area (Å²) in [5.74, 6) is -0.0416. The van der Waals surface area contributed by atoms with E-state index in [1.807, 2.05) is 30.3 Å². The van der Waals surface area contributed by atoms with Crippen LogP contribution in [0.25, 0.3) is 0 Å². The molecule has 0 fully saturated rings. The number of rotatable bonds is 7. The van der Waals surface area contributed by atoms with Crippen molar-refractivity contribution in [3.8, 4) is 0 Å². The van der Waals surface area contributed by atoms with Gasteiger partial charge in [0.2, 0.25) is 0 Å². The van der Waals surface area contributed by atoms with E-state index in [1.165, 1.54) is 11.3 Å². The quantitative estimate of drug-likeness (QED) is 0.787. The topological polar surface area (TPSA) is 51.7 Å². The van der Waals surface area contributed by atoms with Crippen LogP contribution in [0, 0.1) is 0 Å². The first kappa shape index (κ1) is 16.6. The van der Waals surface area contributed by atoms with Crippen LogP contribution in [0.3, 0.4) is 0 Å². The summed E-state index contributed by atoms with van der Waals surface area (Å²) in [6.07, 6.45) is 1.72. The highest BCUT2D eigenvalue weighted by molar-refractivity contribution is 7.14. The number of pyridine rings is 1. The Bertz CT molecular complexity index is 600. The maximum atomic E-state index is 12.7. The van der Waals surface area contributed by atoms with Crippen LogP contribution in [-0.2, 0) is 16.1 Å². The SMILES string of the molecule is COCc1ccc(C(=O)N(C)[C@@H](COC)c2ccccn2)s1. The van der Waals surface area contributed by atoms with Crippen molar-refractivity contribution < 1.29 is 14.3 Å². The van der Waals surface area contributed by atoms with Crippen LogP contribution in [0.15, 0.2) is 36.5 Å². The van der Waals surface area contributed by atoms with Gasteiger partial charge in [0.05, 0.1) is 29.8 Å². The van der Waals surface area contributed by atoms with Crippen molar-refractivity contribution in [1.82, 2.24) is 9.88 Å². The number of nitrogens with zero attached hydrogens (tertiary/aromatic N) is 2. The molecular formula is C16H20N2O3S. The number of carbonyl (C=O) groups is 1. The molecular weight excluding hydrogens is 300 g/mol.